The monoisotopic (exact) mass is 290 g/mol. The summed E-state index contributed by atoms with van der Waals surface area (Å²) in [5, 5.41) is 9.57. The highest BCUT2D eigenvalue weighted by Crippen LogP contribution is 2.33. The van der Waals surface area contributed by atoms with E-state index >= 15 is 0 Å². The van der Waals surface area contributed by atoms with Gasteiger partial charge in [-0.15, -0.1) is 0 Å². The Balaban J connectivity index is 2.04. The standard InChI is InChI=1S/C16H22N2O3/c1-10-9-11(2)17-15(14(10)16(19)20)18-7-8-21-13-6-4-3-5-12(13)18/h9,12-13H,3-8H2,1-2H3,(H,19,20). The van der Waals surface area contributed by atoms with Crippen LogP contribution >= 0.6 is 0 Å². The van der Waals surface area contributed by atoms with E-state index in [-0.39, 0.29) is 12.1 Å². The smallest absolute Gasteiger partial charge is 0.339 e. The lowest BCUT2D eigenvalue weighted by Crippen LogP contribution is -2.53. The molecule has 2 fully saturated rings. The van der Waals surface area contributed by atoms with Gasteiger partial charge in [0.15, 0.2) is 0 Å². The highest BCUT2D eigenvalue weighted by atomic mass is 16.5. The third kappa shape index (κ3) is 2.62. The number of morpholine rings is 1. The first kappa shape index (κ1) is 14.3. The van der Waals surface area contributed by atoms with Crippen LogP contribution in [0.5, 0.6) is 0 Å². The minimum absolute atomic E-state index is 0.219. The molecule has 0 amide bonds. The van der Waals surface area contributed by atoms with Crippen molar-refractivity contribution >= 4 is 11.8 Å². The maximum atomic E-state index is 11.7. The van der Waals surface area contributed by atoms with E-state index in [1.807, 2.05) is 19.9 Å². The fourth-order valence-electron chi connectivity index (χ4n) is 3.65. The summed E-state index contributed by atoms with van der Waals surface area (Å²) in [4.78, 5) is 18.4. The molecule has 1 aliphatic carbocycles. The van der Waals surface area contributed by atoms with Gasteiger partial charge in [-0.2, -0.15) is 0 Å². The van der Waals surface area contributed by atoms with E-state index in [0.29, 0.717) is 18.0 Å². The average molecular weight is 290 g/mol. The number of aromatic nitrogens is 1. The average Bonchev–Trinajstić information content (AvgIpc) is 2.45. The summed E-state index contributed by atoms with van der Waals surface area (Å²) in [7, 11) is 0. The number of fused-ring (bicyclic) bond motifs is 1. The van der Waals surface area contributed by atoms with E-state index in [4.69, 9.17) is 4.74 Å². The summed E-state index contributed by atoms with van der Waals surface area (Å²) < 4.78 is 5.88. The van der Waals surface area contributed by atoms with Crippen molar-refractivity contribution in [3.8, 4) is 0 Å². The molecular formula is C16H22N2O3. The maximum absolute atomic E-state index is 11.7. The Kier molecular flexibility index (Phi) is 3.85. The van der Waals surface area contributed by atoms with Gasteiger partial charge in [-0.3, -0.25) is 0 Å². The number of anilines is 1. The molecule has 1 N–H and O–H groups in total. The molecule has 1 aromatic heterocycles. The molecule has 0 aromatic carbocycles. The van der Waals surface area contributed by atoms with Crippen LogP contribution in [0.1, 0.15) is 47.3 Å². The number of aromatic carboxylic acids is 1. The lowest BCUT2D eigenvalue weighted by Gasteiger charge is -2.45. The molecule has 1 aromatic rings. The van der Waals surface area contributed by atoms with Gasteiger partial charge in [0, 0.05) is 12.2 Å². The molecule has 0 bridgehead atoms. The van der Waals surface area contributed by atoms with Crippen molar-refractivity contribution in [2.24, 2.45) is 0 Å². The number of pyridine rings is 1. The lowest BCUT2D eigenvalue weighted by atomic mass is 9.89. The zero-order chi connectivity index (χ0) is 15.0. The van der Waals surface area contributed by atoms with Gasteiger partial charge >= 0.3 is 5.97 Å². The minimum atomic E-state index is -0.895. The third-order valence-corrected chi connectivity index (χ3v) is 4.54. The number of rotatable bonds is 2. The molecule has 5 nitrogen and oxygen atoms in total. The molecule has 1 aliphatic heterocycles. The molecule has 3 rings (SSSR count). The second kappa shape index (κ2) is 5.64. The molecule has 2 atom stereocenters. The minimum Gasteiger partial charge on any atom is -0.478 e. The molecule has 1 saturated heterocycles. The van der Waals surface area contributed by atoms with Crippen molar-refractivity contribution in [2.45, 2.75) is 51.7 Å². The van der Waals surface area contributed by atoms with Gasteiger partial charge in [-0.1, -0.05) is 12.8 Å². The van der Waals surface area contributed by atoms with Gasteiger partial charge in [-0.25, -0.2) is 9.78 Å². The number of carbonyl (C=O) groups is 1. The summed E-state index contributed by atoms with van der Waals surface area (Å²) in [6.45, 7) is 5.13. The SMILES string of the molecule is Cc1cc(C)c(C(=O)O)c(N2CCOC3CCCCC32)n1. The number of carboxylic acids is 1. The van der Waals surface area contributed by atoms with Crippen LogP contribution in [-0.4, -0.2) is 41.4 Å². The molecule has 0 spiro atoms. The highest BCUT2D eigenvalue weighted by Gasteiger charge is 2.36. The number of hydrogen-bond acceptors (Lipinski definition) is 4. The number of carboxylic acid groups (broad SMARTS) is 1. The summed E-state index contributed by atoms with van der Waals surface area (Å²) in [5.74, 6) is -0.269. The van der Waals surface area contributed by atoms with Crippen molar-refractivity contribution in [2.75, 3.05) is 18.1 Å². The topological polar surface area (TPSA) is 62.7 Å². The van der Waals surface area contributed by atoms with E-state index in [0.717, 1.165) is 30.6 Å². The van der Waals surface area contributed by atoms with Gasteiger partial charge in [0.05, 0.1) is 18.8 Å². The first-order chi connectivity index (χ1) is 10.1. The largest absolute Gasteiger partial charge is 0.478 e. The van der Waals surface area contributed by atoms with Gasteiger partial charge in [0.25, 0.3) is 0 Å². The summed E-state index contributed by atoms with van der Waals surface area (Å²) in [6.07, 6.45) is 4.71. The van der Waals surface area contributed by atoms with E-state index < -0.39 is 5.97 Å². The van der Waals surface area contributed by atoms with Crippen LogP contribution in [0.2, 0.25) is 0 Å². The zero-order valence-electron chi connectivity index (χ0n) is 12.6. The predicted molar refractivity (Wildman–Crippen MR) is 80.0 cm³/mol. The van der Waals surface area contributed by atoms with E-state index in [2.05, 4.69) is 9.88 Å². The van der Waals surface area contributed by atoms with Crippen LogP contribution in [0, 0.1) is 13.8 Å². The maximum Gasteiger partial charge on any atom is 0.339 e. The van der Waals surface area contributed by atoms with Gasteiger partial charge < -0.3 is 14.7 Å². The number of hydrogen-bond donors (Lipinski definition) is 1. The molecular weight excluding hydrogens is 268 g/mol. The molecule has 1 saturated carbocycles. The Morgan fingerprint density at radius 3 is 2.90 bits per heavy atom. The normalized spacial score (nSPS) is 25.5. The molecule has 2 heterocycles. The van der Waals surface area contributed by atoms with Crippen molar-refractivity contribution in [3.63, 3.8) is 0 Å². The second-order valence-corrected chi connectivity index (χ2v) is 6.04. The molecule has 114 valence electrons. The van der Waals surface area contributed by atoms with Crippen LogP contribution in [-0.2, 0) is 4.74 Å². The lowest BCUT2D eigenvalue weighted by molar-refractivity contribution is -0.00911. The first-order valence-corrected chi connectivity index (χ1v) is 7.67. The van der Waals surface area contributed by atoms with Crippen molar-refractivity contribution in [3.05, 3.63) is 22.9 Å². The first-order valence-electron chi connectivity index (χ1n) is 7.67. The highest BCUT2D eigenvalue weighted by molar-refractivity contribution is 5.95. The van der Waals surface area contributed by atoms with Crippen molar-refractivity contribution in [1.29, 1.82) is 0 Å². The molecule has 2 unspecified atom stereocenters. The molecule has 0 radical (unpaired) electrons. The Morgan fingerprint density at radius 1 is 1.38 bits per heavy atom. The Labute approximate surface area is 124 Å². The Bertz CT molecular complexity index is 557. The zero-order valence-corrected chi connectivity index (χ0v) is 12.6. The molecule has 21 heavy (non-hydrogen) atoms. The Morgan fingerprint density at radius 2 is 2.14 bits per heavy atom. The van der Waals surface area contributed by atoms with Gasteiger partial charge in [0.2, 0.25) is 0 Å². The summed E-state index contributed by atoms with van der Waals surface area (Å²) in [6, 6.07) is 2.10. The van der Waals surface area contributed by atoms with Crippen LogP contribution < -0.4 is 4.90 Å². The molecule has 2 aliphatic rings. The van der Waals surface area contributed by atoms with Gasteiger partial charge in [-0.05, 0) is 38.3 Å². The van der Waals surface area contributed by atoms with Gasteiger partial charge in [0.1, 0.15) is 11.4 Å². The van der Waals surface area contributed by atoms with Crippen molar-refractivity contribution < 1.29 is 14.6 Å². The fourth-order valence-corrected chi connectivity index (χ4v) is 3.65. The number of nitrogens with zero attached hydrogens (tertiary/aromatic N) is 2. The van der Waals surface area contributed by atoms with E-state index in [1.165, 1.54) is 12.8 Å². The predicted octanol–water partition coefficient (Wildman–Crippen LogP) is 2.54. The number of ether oxygens (including phenoxy) is 1. The van der Waals surface area contributed by atoms with Crippen LogP contribution in [0.15, 0.2) is 6.07 Å². The second-order valence-electron chi connectivity index (χ2n) is 6.04. The molecule has 5 heteroatoms. The van der Waals surface area contributed by atoms with Crippen LogP contribution in [0.3, 0.4) is 0 Å². The van der Waals surface area contributed by atoms with E-state index in [9.17, 15) is 9.90 Å². The summed E-state index contributed by atoms with van der Waals surface area (Å²) in [5.41, 5.74) is 1.99. The quantitative estimate of drug-likeness (QED) is 0.907. The fraction of sp³-hybridized carbons (Fsp3) is 0.625. The summed E-state index contributed by atoms with van der Waals surface area (Å²) >= 11 is 0. The van der Waals surface area contributed by atoms with Crippen molar-refractivity contribution in [1.82, 2.24) is 4.98 Å². The number of aryl methyl sites for hydroxylation is 2. The Hall–Kier alpha value is -1.62. The van der Waals surface area contributed by atoms with Crippen LogP contribution in [0.4, 0.5) is 5.82 Å². The third-order valence-electron chi connectivity index (χ3n) is 4.54. The van der Waals surface area contributed by atoms with E-state index in [1.54, 1.807) is 0 Å². The van der Waals surface area contributed by atoms with Crippen LogP contribution in [0.25, 0.3) is 0 Å².